The van der Waals surface area contributed by atoms with Crippen LogP contribution in [0.15, 0.2) is 54.6 Å². The first-order valence-corrected chi connectivity index (χ1v) is 6.89. The molecule has 0 heterocycles. The first-order valence-electron chi connectivity index (χ1n) is 6.52. The van der Waals surface area contributed by atoms with E-state index < -0.39 is 18.1 Å². The van der Waals surface area contributed by atoms with E-state index in [0.29, 0.717) is 10.6 Å². The normalized spacial score (nSPS) is 11.5. The van der Waals surface area contributed by atoms with Crippen LogP contribution in [0.2, 0.25) is 5.02 Å². The third kappa shape index (κ3) is 4.49. The fourth-order valence-electron chi connectivity index (χ4n) is 1.83. The molecule has 0 aliphatic heterocycles. The summed E-state index contributed by atoms with van der Waals surface area (Å²) in [5.74, 6) is -1.18. The summed E-state index contributed by atoms with van der Waals surface area (Å²) in [5, 5.41) is 12.0. The molecule has 2 aromatic rings. The highest BCUT2D eigenvalue weighted by molar-refractivity contribution is 6.30. The summed E-state index contributed by atoms with van der Waals surface area (Å²) in [4.78, 5) is 23.0. The molecule has 1 amide bonds. The summed E-state index contributed by atoms with van der Waals surface area (Å²) in [6.45, 7) is 0.0691. The van der Waals surface area contributed by atoms with Crippen LogP contribution in [0.5, 0.6) is 0 Å². The van der Waals surface area contributed by atoms with Gasteiger partial charge in [0, 0.05) is 5.02 Å². The van der Waals surface area contributed by atoms with Crippen molar-refractivity contribution >= 4 is 23.7 Å². The van der Waals surface area contributed by atoms with E-state index in [1.54, 1.807) is 36.4 Å². The SMILES string of the molecule is O=C(N[C@H](C(=O)O)c1ccc(Cl)cc1)OCc1ccccc1. The van der Waals surface area contributed by atoms with Crippen LogP contribution in [0.25, 0.3) is 0 Å². The molecule has 0 radical (unpaired) electrons. The number of carbonyl (C=O) groups is 2. The molecule has 0 aliphatic carbocycles. The van der Waals surface area contributed by atoms with Crippen LogP contribution in [0.1, 0.15) is 17.2 Å². The molecule has 0 aromatic heterocycles. The molecule has 1 atom stereocenters. The first kappa shape index (κ1) is 15.9. The lowest BCUT2D eigenvalue weighted by Gasteiger charge is -2.15. The molecule has 2 aromatic carbocycles. The Bertz CT molecular complexity index is 643. The quantitative estimate of drug-likeness (QED) is 0.885. The number of hydrogen-bond donors (Lipinski definition) is 2. The molecule has 0 bridgehead atoms. The molecule has 0 aliphatic rings. The average Bonchev–Trinajstić information content (AvgIpc) is 2.52. The summed E-state index contributed by atoms with van der Waals surface area (Å²) < 4.78 is 5.01. The lowest BCUT2D eigenvalue weighted by molar-refractivity contribution is -0.139. The van der Waals surface area contributed by atoms with Gasteiger partial charge in [0.2, 0.25) is 0 Å². The summed E-state index contributed by atoms with van der Waals surface area (Å²) in [6, 6.07) is 14.1. The van der Waals surface area contributed by atoms with Crippen LogP contribution in [0.4, 0.5) is 4.79 Å². The Balaban J connectivity index is 1.97. The van der Waals surface area contributed by atoms with Crippen molar-refractivity contribution in [3.63, 3.8) is 0 Å². The Hall–Kier alpha value is -2.53. The van der Waals surface area contributed by atoms with Gasteiger partial charge in [-0.3, -0.25) is 0 Å². The minimum Gasteiger partial charge on any atom is -0.479 e. The van der Waals surface area contributed by atoms with Crippen molar-refractivity contribution in [1.82, 2.24) is 5.32 Å². The van der Waals surface area contributed by atoms with Gasteiger partial charge in [-0.2, -0.15) is 0 Å². The molecule has 6 heteroatoms. The lowest BCUT2D eigenvalue weighted by Crippen LogP contribution is -2.34. The molecule has 0 fully saturated rings. The highest BCUT2D eigenvalue weighted by Gasteiger charge is 2.22. The van der Waals surface area contributed by atoms with Gasteiger partial charge in [0.1, 0.15) is 6.61 Å². The van der Waals surface area contributed by atoms with Gasteiger partial charge in [-0.25, -0.2) is 9.59 Å². The molecule has 2 N–H and O–H groups in total. The molecule has 0 spiro atoms. The Labute approximate surface area is 132 Å². The van der Waals surface area contributed by atoms with Crippen molar-refractivity contribution in [1.29, 1.82) is 0 Å². The second-order valence-corrected chi connectivity index (χ2v) is 4.97. The van der Waals surface area contributed by atoms with Crippen LogP contribution in [-0.2, 0) is 16.1 Å². The molecular formula is C16H14ClNO4. The Morgan fingerprint density at radius 2 is 1.73 bits per heavy atom. The van der Waals surface area contributed by atoms with E-state index in [1.807, 2.05) is 18.2 Å². The standard InChI is InChI=1S/C16H14ClNO4/c17-13-8-6-12(7-9-13)14(15(19)20)18-16(21)22-10-11-4-2-1-3-5-11/h1-9,14H,10H2,(H,18,21)(H,19,20)/t14-/m0/s1. The minimum absolute atomic E-state index is 0.0691. The zero-order valence-corrected chi connectivity index (χ0v) is 12.3. The van der Waals surface area contributed by atoms with Crippen molar-refractivity contribution in [2.45, 2.75) is 12.6 Å². The first-order chi connectivity index (χ1) is 10.6. The molecule has 5 nitrogen and oxygen atoms in total. The highest BCUT2D eigenvalue weighted by atomic mass is 35.5. The van der Waals surface area contributed by atoms with Gasteiger partial charge in [-0.15, -0.1) is 0 Å². The number of rotatable bonds is 5. The third-order valence-electron chi connectivity index (χ3n) is 2.93. The van der Waals surface area contributed by atoms with Crippen LogP contribution in [0.3, 0.4) is 0 Å². The van der Waals surface area contributed by atoms with Gasteiger partial charge in [0.25, 0.3) is 0 Å². The summed E-state index contributed by atoms with van der Waals surface area (Å²) in [7, 11) is 0. The largest absolute Gasteiger partial charge is 0.479 e. The predicted molar refractivity (Wildman–Crippen MR) is 81.6 cm³/mol. The fraction of sp³-hybridized carbons (Fsp3) is 0.125. The summed E-state index contributed by atoms with van der Waals surface area (Å²) in [5.41, 5.74) is 1.23. The van der Waals surface area contributed by atoms with E-state index in [0.717, 1.165) is 5.56 Å². The van der Waals surface area contributed by atoms with Gasteiger partial charge >= 0.3 is 12.1 Å². The van der Waals surface area contributed by atoms with E-state index in [-0.39, 0.29) is 6.61 Å². The van der Waals surface area contributed by atoms with Gasteiger partial charge in [0.15, 0.2) is 6.04 Å². The van der Waals surface area contributed by atoms with Crippen molar-refractivity contribution in [2.24, 2.45) is 0 Å². The molecule has 0 unspecified atom stereocenters. The van der Waals surface area contributed by atoms with Crippen LogP contribution in [0, 0.1) is 0 Å². The van der Waals surface area contributed by atoms with Crippen LogP contribution in [-0.4, -0.2) is 17.2 Å². The monoisotopic (exact) mass is 319 g/mol. The second kappa shape index (κ2) is 7.47. The molecule has 22 heavy (non-hydrogen) atoms. The summed E-state index contributed by atoms with van der Waals surface area (Å²) in [6.07, 6.45) is -0.800. The third-order valence-corrected chi connectivity index (χ3v) is 3.18. The topological polar surface area (TPSA) is 75.6 Å². The average molecular weight is 320 g/mol. The molecule has 0 saturated heterocycles. The second-order valence-electron chi connectivity index (χ2n) is 4.53. The smallest absolute Gasteiger partial charge is 0.408 e. The number of amides is 1. The Morgan fingerprint density at radius 3 is 2.32 bits per heavy atom. The maximum Gasteiger partial charge on any atom is 0.408 e. The van der Waals surface area contributed by atoms with Crippen molar-refractivity contribution in [2.75, 3.05) is 0 Å². The molecule has 114 valence electrons. The van der Waals surface area contributed by atoms with Crippen LogP contribution < -0.4 is 5.32 Å². The van der Waals surface area contributed by atoms with Gasteiger partial charge in [-0.05, 0) is 23.3 Å². The van der Waals surface area contributed by atoms with E-state index >= 15 is 0 Å². The highest BCUT2D eigenvalue weighted by Crippen LogP contribution is 2.17. The minimum atomic E-state index is -1.19. The number of carboxylic acids is 1. The zero-order valence-electron chi connectivity index (χ0n) is 11.5. The fourth-order valence-corrected chi connectivity index (χ4v) is 1.95. The van der Waals surface area contributed by atoms with E-state index in [1.165, 1.54) is 0 Å². The summed E-state index contributed by atoms with van der Waals surface area (Å²) >= 11 is 5.76. The lowest BCUT2D eigenvalue weighted by atomic mass is 10.1. The number of aliphatic carboxylic acids is 1. The molecular weight excluding hydrogens is 306 g/mol. The van der Waals surface area contributed by atoms with Crippen molar-refractivity contribution in [3.05, 3.63) is 70.7 Å². The van der Waals surface area contributed by atoms with Crippen LogP contribution >= 0.6 is 11.6 Å². The number of alkyl carbamates (subject to hydrolysis) is 1. The maximum atomic E-state index is 11.7. The van der Waals surface area contributed by atoms with Gasteiger partial charge < -0.3 is 15.2 Å². The molecule has 2 rings (SSSR count). The maximum absolute atomic E-state index is 11.7. The number of carboxylic acid groups (broad SMARTS) is 1. The number of halogens is 1. The number of nitrogens with one attached hydrogen (secondary N) is 1. The molecule has 0 saturated carbocycles. The van der Waals surface area contributed by atoms with E-state index in [4.69, 9.17) is 16.3 Å². The Kier molecular flexibility index (Phi) is 5.38. The van der Waals surface area contributed by atoms with Gasteiger partial charge in [0.05, 0.1) is 0 Å². The number of ether oxygens (including phenoxy) is 1. The number of hydrogen-bond acceptors (Lipinski definition) is 3. The van der Waals surface area contributed by atoms with Crippen molar-refractivity contribution < 1.29 is 19.4 Å². The number of carbonyl (C=O) groups excluding carboxylic acids is 1. The van der Waals surface area contributed by atoms with Gasteiger partial charge in [-0.1, -0.05) is 54.1 Å². The van der Waals surface area contributed by atoms with Crippen molar-refractivity contribution in [3.8, 4) is 0 Å². The van der Waals surface area contributed by atoms with E-state index in [2.05, 4.69) is 5.32 Å². The number of benzene rings is 2. The Morgan fingerprint density at radius 1 is 1.09 bits per heavy atom. The predicted octanol–water partition coefficient (Wildman–Crippen LogP) is 3.39. The zero-order chi connectivity index (χ0) is 15.9. The van der Waals surface area contributed by atoms with E-state index in [9.17, 15) is 14.7 Å².